The summed E-state index contributed by atoms with van der Waals surface area (Å²) in [7, 11) is 0. The van der Waals surface area contributed by atoms with Gasteiger partial charge in [-0.1, -0.05) is 35.9 Å². The third-order valence-electron chi connectivity index (χ3n) is 4.38. The van der Waals surface area contributed by atoms with Crippen LogP contribution in [0.3, 0.4) is 0 Å². The average molecular weight is 372 g/mol. The zero-order valence-corrected chi connectivity index (χ0v) is 15.7. The van der Waals surface area contributed by atoms with Crippen molar-refractivity contribution in [1.82, 2.24) is 15.0 Å². The Kier molecular flexibility index (Phi) is 4.76. The molecule has 4 aromatic rings. The van der Waals surface area contributed by atoms with Gasteiger partial charge in [0.15, 0.2) is 6.61 Å². The number of rotatable bonds is 5. The second kappa shape index (κ2) is 7.52. The van der Waals surface area contributed by atoms with Gasteiger partial charge in [0.05, 0.1) is 5.69 Å². The van der Waals surface area contributed by atoms with Crippen molar-refractivity contribution in [2.75, 3.05) is 11.9 Å². The number of carbonyl (C=O) groups is 1. The van der Waals surface area contributed by atoms with Gasteiger partial charge in [-0.15, -0.1) is 10.2 Å². The summed E-state index contributed by atoms with van der Waals surface area (Å²) < 4.78 is 5.59. The number of nitrogens with zero attached hydrogens (tertiary/aromatic N) is 3. The van der Waals surface area contributed by atoms with Crippen LogP contribution >= 0.6 is 0 Å². The van der Waals surface area contributed by atoms with Crippen molar-refractivity contribution < 1.29 is 9.53 Å². The molecule has 4 rings (SSSR count). The Balaban J connectivity index is 1.46. The summed E-state index contributed by atoms with van der Waals surface area (Å²) in [4.78, 5) is 13.8. The monoisotopic (exact) mass is 372 g/mol. The van der Waals surface area contributed by atoms with Crippen LogP contribution < -0.4 is 10.1 Å². The first-order chi connectivity index (χ1) is 13.6. The van der Waals surface area contributed by atoms with Gasteiger partial charge in [-0.05, 0) is 55.8 Å². The molecule has 28 heavy (non-hydrogen) atoms. The van der Waals surface area contributed by atoms with Crippen LogP contribution in [0.4, 0.5) is 5.69 Å². The third kappa shape index (κ3) is 3.86. The summed E-state index contributed by atoms with van der Waals surface area (Å²) >= 11 is 0. The number of hydrogen-bond donors (Lipinski definition) is 1. The van der Waals surface area contributed by atoms with Gasteiger partial charge in [0.25, 0.3) is 5.91 Å². The summed E-state index contributed by atoms with van der Waals surface area (Å²) in [5, 5.41) is 11.8. The van der Waals surface area contributed by atoms with Crippen molar-refractivity contribution >= 4 is 22.6 Å². The molecule has 0 aliphatic carbocycles. The van der Waals surface area contributed by atoms with E-state index in [2.05, 4.69) is 15.5 Å². The normalized spacial score (nSPS) is 10.8. The fourth-order valence-electron chi connectivity index (χ4n) is 2.84. The maximum Gasteiger partial charge on any atom is 0.262 e. The van der Waals surface area contributed by atoms with E-state index < -0.39 is 0 Å². The van der Waals surface area contributed by atoms with Crippen LogP contribution in [0.15, 0.2) is 66.7 Å². The maximum atomic E-state index is 12.2. The molecular weight excluding hydrogens is 352 g/mol. The van der Waals surface area contributed by atoms with E-state index in [0.29, 0.717) is 17.0 Å². The van der Waals surface area contributed by atoms with Crippen molar-refractivity contribution in [3.05, 3.63) is 77.9 Å². The molecule has 0 bridgehead atoms. The summed E-state index contributed by atoms with van der Waals surface area (Å²) in [5.74, 6) is 0.475. The van der Waals surface area contributed by atoms with E-state index in [9.17, 15) is 4.79 Å². The van der Waals surface area contributed by atoms with Crippen LogP contribution in [0.5, 0.6) is 5.75 Å². The zero-order valence-electron chi connectivity index (χ0n) is 15.7. The van der Waals surface area contributed by atoms with Gasteiger partial charge >= 0.3 is 0 Å². The van der Waals surface area contributed by atoms with Gasteiger partial charge in [0.2, 0.25) is 0 Å². The third-order valence-corrected chi connectivity index (χ3v) is 4.38. The molecule has 0 saturated carbocycles. The molecule has 0 radical (unpaired) electrons. The Morgan fingerprint density at radius 3 is 2.50 bits per heavy atom. The first-order valence-electron chi connectivity index (χ1n) is 9.01. The van der Waals surface area contributed by atoms with Crippen LogP contribution in [-0.2, 0) is 4.79 Å². The molecule has 140 valence electrons. The number of ether oxygens (including phenoxy) is 1. The van der Waals surface area contributed by atoms with E-state index in [1.165, 1.54) is 5.56 Å². The van der Waals surface area contributed by atoms with Crippen molar-refractivity contribution in [2.45, 2.75) is 13.8 Å². The molecule has 0 spiro atoms. The molecule has 6 heteroatoms. The van der Waals surface area contributed by atoms with Crippen LogP contribution in [0.2, 0.25) is 0 Å². The lowest BCUT2D eigenvalue weighted by Crippen LogP contribution is -2.20. The molecule has 1 amide bonds. The lowest BCUT2D eigenvalue weighted by atomic mass is 10.2. The summed E-state index contributed by atoms with van der Waals surface area (Å²) in [6, 6.07) is 21.0. The van der Waals surface area contributed by atoms with Gasteiger partial charge in [-0.3, -0.25) is 4.79 Å². The SMILES string of the molecule is Cc1ccc(-n2nc3ccc(NC(=O)COc4ccccc4C)cc3n2)cc1. The van der Waals surface area contributed by atoms with Crippen molar-refractivity contribution in [1.29, 1.82) is 0 Å². The number of amides is 1. The Labute approximate surface area is 162 Å². The minimum Gasteiger partial charge on any atom is -0.483 e. The number of anilines is 1. The van der Waals surface area contributed by atoms with Crippen molar-refractivity contribution in [2.24, 2.45) is 0 Å². The zero-order chi connectivity index (χ0) is 19.5. The molecule has 1 aromatic heterocycles. The average Bonchev–Trinajstić information content (AvgIpc) is 3.11. The van der Waals surface area contributed by atoms with Crippen LogP contribution in [0.1, 0.15) is 11.1 Å². The summed E-state index contributed by atoms with van der Waals surface area (Å²) in [5.41, 5.74) is 5.18. The lowest BCUT2D eigenvalue weighted by Gasteiger charge is -2.09. The highest BCUT2D eigenvalue weighted by Crippen LogP contribution is 2.19. The number of carbonyl (C=O) groups excluding carboxylic acids is 1. The minimum atomic E-state index is -0.228. The smallest absolute Gasteiger partial charge is 0.262 e. The van der Waals surface area contributed by atoms with Crippen LogP contribution in [-0.4, -0.2) is 27.5 Å². The predicted molar refractivity (Wildman–Crippen MR) is 109 cm³/mol. The number of para-hydroxylation sites is 1. The Bertz CT molecular complexity index is 1130. The number of aryl methyl sites for hydroxylation is 2. The van der Waals surface area contributed by atoms with E-state index in [4.69, 9.17) is 4.74 Å². The molecule has 0 saturated heterocycles. The number of benzene rings is 3. The molecular formula is C22H20N4O2. The Hall–Kier alpha value is -3.67. The predicted octanol–water partition coefficient (Wildman–Crippen LogP) is 4.05. The Morgan fingerprint density at radius 2 is 1.71 bits per heavy atom. The summed E-state index contributed by atoms with van der Waals surface area (Å²) in [6.45, 7) is 3.92. The Morgan fingerprint density at radius 1 is 0.964 bits per heavy atom. The van der Waals surface area contributed by atoms with Gasteiger partial charge in [-0.2, -0.15) is 4.80 Å². The van der Waals surface area contributed by atoms with Gasteiger partial charge < -0.3 is 10.1 Å². The standard InChI is InChI=1S/C22H20N4O2/c1-15-7-10-18(11-8-15)26-24-19-12-9-17(13-20(19)25-26)23-22(27)14-28-21-6-4-3-5-16(21)2/h3-13H,14H2,1-2H3,(H,23,27). The highest BCUT2D eigenvalue weighted by Gasteiger charge is 2.09. The molecule has 6 nitrogen and oxygen atoms in total. The first kappa shape index (κ1) is 17.7. The molecule has 0 aliphatic heterocycles. The second-order valence-corrected chi connectivity index (χ2v) is 6.63. The molecule has 1 N–H and O–H groups in total. The minimum absolute atomic E-state index is 0.0566. The van der Waals surface area contributed by atoms with Crippen LogP contribution in [0, 0.1) is 13.8 Å². The number of hydrogen-bond acceptors (Lipinski definition) is 4. The van der Waals surface area contributed by atoms with E-state index in [1.807, 2.05) is 74.5 Å². The number of nitrogens with one attached hydrogen (secondary N) is 1. The summed E-state index contributed by atoms with van der Waals surface area (Å²) in [6.07, 6.45) is 0. The van der Waals surface area contributed by atoms with E-state index in [0.717, 1.165) is 16.8 Å². The number of aromatic nitrogens is 3. The molecule has 3 aromatic carbocycles. The van der Waals surface area contributed by atoms with Crippen molar-refractivity contribution in [3.8, 4) is 11.4 Å². The molecule has 0 fully saturated rings. The fraction of sp³-hybridized carbons (Fsp3) is 0.136. The molecule has 0 atom stereocenters. The van der Waals surface area contributed by atoms with Crippen LogP contribution in [0.25, 0.3) is 16.7 Å². The highest BCUT2D eigenvalue weighted by molar-refractivity contribution is 5.93. The highest BCUT2D eigenvalue weighted by atomic mass is 16.5. The van der Waals surface area contributed by atoms with Gasteiger partial charge in [-0.25, -0.2) is 0 Å². The van der Waals surface area contributed by atoms with E-state index in [1.54, 1.807) is 10.9 Å². The van der Waals surface area contributed by atoms with Crippen molar-refractivity contribution in [3.63, 3.8) is 0 Å². The quantitative estimate of drug-likeness (QED) is 0.574. The topological polar surface area (TPSA) is 69.0 Å². The molecule has 1 heterocycles. The largest absolute Gasteiger partial charge is 0.483 e. The second-order valence-electron chi connectivity index (χ2n) is 6.63. The fourth-order valence-corrected chi connectivity index (χ4v) is 2.84. The molecule has 0 aliphatic rings. The molecule has 0 unspecified atom stereocenters. The lowest BCUT2D eigenvalue weighted by molar-refractivity contribution is -0.118. The maximum absolute atomic E-state index is 12.2. The van der Waals surface area contributed by atoms with E-state index >= 15 is 0 Å². The number of fused-ring (bicyclic) bond motifs is 1. The van der Waals surface area contributed by atoms with Gasteiger partial charge in [0.1, 0.15) is 16.8 Å². The first-order valence-corrected chi connectivity index (χ1v) is 9.01. The van der Waals surface area contributed by atoms with E-state index in [-0.39, 0.29) is 12.5 Å². The van der Waals surface area contributed by atoms with Gasteiger partial charge in [0, 0.05) is 5.69 Å².